The van der Waals surface area contributed by atoms with E-state index in [0.29, 0.717) is 18.8 Å². The minimum Gasteiger partial charge on any atom is -0.344 e. The Morgan fingerprint density at radius 1 is 1.47 bits per heavy atom. The van der Waals surface area contributed by atoms with E-state index >= 15 is 0 Å². The van der Waals surface area contributed by atoms with E-state index in [1.54, 1.807) is 14.0 Å². The van der Waals surface area contributed by atoms with Crippen LogP contribution in [0.15, 0.2) is 6.20 Å². The Balaban J connectivity index is 2.42. The van der Waals surface area contributed by atoms with Gasteiger partial charge in [-0.05, 0) is 6.92 Å². The van der Waals surface area contributed by atoms with Gasteiger partial charge in [0.05, 0.1) is 18.8 Å². The maximum Gasteiger partial charge on any atom is 0.282 e. The summed E-state index contributed by atoms with van der Waals surface area (Å²) in [7, 11) is 1.59. The molecule has 1 aromatic rings. The molecule has 0 aromatic carbocycles. The van der Waals surface area contributed by atoms with Gasteiger partial charge in [0, 0.05) is 13.2 Å². The maximum absolute atomic E-state index is 12.7. The molecule has 0 atom stereocenters. The molecule has 1 aromatic heterocycles. The topological polar surface area (TPSA) is 36.3 Å². The molecule has 1 aliphatic rings. The molecule has 1 fully saturated rings. The number of halogens is 2. The minimum atomic E-state index is -2.62. The van der Waals surface area contributed by atoms with Crippen molar-refractivity contribution in [3.63, 3.8) is 0 Å². The summed E-state index contributed by atoms with van der Waals surface area (Å²) in [5.41, 5.74) is 0.0272. The lowest BCUT2D eigenvalue weighted by Crippen LogP contribution is -2.23. The average molecular weight is 218 g/mol. The van der Waals surface area contributed by atoms with Gasteiger partial charge in [-0.15, -0.1) is 0 Å². The minimum absolute atomic E-state index is 0.276. The van der Waals surface area contributed by atoms with E-state index in [9.17, 15) is 8.78 Å². The molecule has 1 saturated heterocycles. The molecule has 2 rings (SSSR count). The Kier molecular flexibility index (Phi) is 2.47. The first-order chi connectivity index (χ1) is 7.03. The Morgan fingerprint density at radius 3 is 2.60 bits per heavy atom. The fourth-order valence-corrected chi connectivity index (χ4v) is 1.69. The molecule has 0 spiro atoms. The number of nitrogens with zero attached hydrogens (tertiary/aromatic N) is 2. The van der Waals surface area contributed by atoms with Crippen LogP contribution in [0.3, 0.4) is 0 Å². The standard InChI is InChI=1S/C9H12F2N2O2/c1-9(14-3-4-15-9)6-5-13(2)12-7(6)8(10)11/h5,8H,3-4H2,1-2H3. The van der Waals surface area contributed by atoms with Crippen molar-refractivity contribution in [1.29, 1.82) is 0 Å². The van der Waals surface area contributed by atoms with Crippen molar-refractivity contribution in [3.05, 3.63) is 17.5 Å². The highest BCUT2D eigenvalue weighted by molar-refractivity contribution is 5.23. The van der Waals surface area contributed by atoms with Gasteiger partial charge < -0.3 is 9.47 Å². The van der Waals surface area contributed by atoms with Crippen LogP contribution in [-0.4, -0.2) is 23.0 Å². The van der Waals surface area contributed by atoms with E-state index in [1.807, 2.05) is 0 Å². The van der Waals surface area contributed by atoms with Crippen LogP contribution < -0.4 is 0 Å². The molecule has 0 unspecified atom stereocenters. The van der Waals surface area contributed by atoms with Crippen LogP contribution in [0.5, 0.6) is 0 Å². The van der Waals surface area contributed by atoms with Crippen LogP contribution >= 0.6 is 0 Å². The highest BCUT2D eigenvalue weighted by Gasteiger charge is 2.38. The molecule has 0 amide bonds. The summed E-state index contributed by atoms with van der Waals surface area (Å²) in [5, 5.41) is 3.71. The van der Waals surface area contributed by atoms with Gasteiger partial charge in [0.1, 0.15) is 5.69 Å². The summed E-state index contributed by atoms with van der Waals surface area (Å²) in [4.78, 5) is 0. The Bertz CT molecular complexity index is 359. The lowest BCUT2D eigenvalue weighted by Gasteiger charge is -2.21. The normalized spacial score (nSPS) is 20.1. The van der Waals surface area contributed by atoms with Crippen molar-refractivity contribution < 1.29 is 18.3 Å². The summed E-state index contributed by atoms with van der Waals surface area (Å²) in [6, 6.07) is 0. The van der Waals surface area contributed by atoms with Crippen molar-refractivity contribution in [3.8, 4) is 0 Å². The largest absolute Gasteiger partial charge is 0.344 e. The zero-order valence-electron chi connectivity index (χ0n) is 8.54. The predicted octanol–water partition coefficient (Wildman–Crippen LogP) is 1.58. The third-order valence-electron chi connectivity index (χ3n) is 2.39. The van der Waals surface area contributed by atoms with Gasteiger partial charge in [-0.1, -0.05) is 0 Å². The lowest BCUT2D eigenvalue weighted by atomic mass is 10.1. The SMILES string of the molecule is Cn1cc(C2(C)OCCO2)c(C(F)F)n1. The zero-order valence-corrected chi connectivity index (χ0v) is 8.54. The van der Waals surface area contributed by atoms with E-state index in [1.165, 1.54) is 10.9 Å². The fourth-order valence-electron chi connectivity index (χ4n) is 1.69. The van der Waals surface area contributed by atoms with Crippen molar-refractivity contribution in [2.45, 2.75) is 19.1 Å². The number of hydrogen-bond acceptors (Lipinski definition) is 3. The average Bonchev–Trinajstić information content (AvgIpc) is 2.72. The van der Waals surface area contributed by atoms with Crippen molar-refractivity contribution in [2.24, 2.45) is 7.05 Å². The molecule has 0 N–H and O–H groups in total. The second-order valence-corrected chi connectivity index (χ2v) is 3.55. The molecule has 2 heterocycles. The third-order valence-corrected chi connectivity index (χ3v) is 2.39. The molecule has 0 aliphatic carbocycles. The monoisotopic (exact) mass is 218 g/mol. The summed E-state index contributed by atoms with van der Waals surface area (Å²) in [5.74, 6) is -1.08. The molecular formula is C9H12F2N2O2. The molecular weight excluding hydrogens is 206 g/mol. The van der Waals surface area contributed by atoms with Crippen LogP contribution in [0.4, 0.5) is 8.78 Å². The molecule has 4 nitrogen and oxygen atoms in total. The number of alkyl halides is 2. The summed E-state index contributed by atoms with van der Waals surface area (Å²) in [6.07, 6.45) is -1.11. The van der Waals surface area contributed by atoms with Gasteiger partial charge in [-0.3, -0.25) is 4.68 Å². The van der Waals surface area contributed by atoms with Gasteiger partial charge in [-0.2, -0.15) is 5.10 Å². The highest BCUT2D eigenvalue weighted by atomic mass is 19.3. The van der Waals surface area contributed by atoms with Crippen molar-refractivity contribution in [2.75, 3.05) is 13.2 Å². The molecule has 15 heavy (non-hydrogen) atoms. The van der Waals surface area contributed by atoms with Crippen LogP contribution in [-0.2, 0) is 22.3 Å². The number of ether oxygens (including phenoxy) is 2. The highest BCUT2D eigenvalue weighted by Crippen LogP contribution is 2.35. The van der Waals surface area contributed by atoms with Gasteiger partial charge in [0.25, 0.3) is 6.43 Å². The second kappa shape index (κ2) is 3.53. The molecule has 84 valence electrons. The Morgan fingerprint density at radius 2 is 2.07 bits per heavy atom. The number of aromatic nitrogens is 2. The second-order valence-electron chi connectivity index (χ2n) is 3.55. The van der Waals surface area contributed by atoms with E-state index in [2.05, 4.69) is 5.10 Å². The molecule has 1 aliphatic heterocycles. The van der Waals surface area contributed by atoms with Crippen LogP contribution in [0.1, 0.15) is 24.6 Å². The molecule has 6 heteroatoms. The van der Waals surface area contributed by atoms with Crippen LogP contribution in [0.25, 0.3) is 0 Å². The van der Waals surface area contributed by atoms with E-state index < -0.39 is 12.2 Å². The summed E-state index contributed by atoms with van der Waals surface area (Å²) >= 11 is 0. The molecule has 0 bridgehead atoms. The van der Waals surface area contributed by atoms with Gasteiger partial charge in [-0.25, -0.2) is 8.78 Å². The Hall–Kier alpha value is -1.01. The van der Waals surface area contributed by atoms with Crippen molar-refractivity contribution in [1.82, 2.24) is 9.78 Å². The lowest BCUT2D eigenvalue weighted by molar-refractivity contribution is -0.151. The van der Waals surface area contributed by atoms with Gasteiger partial charge in [0.15, 0.2) is 5.79 Å². The van der Waals surface area contributed by atoms with Crippen LogP contribution in [0.2, 0.25) is 0 Å². The quantitative estimate of drug-likeness (QED) is 0.756. The van der Waals surface area contributed by atoms with Crippen molar-refractivity contribution >= 4 is 0 Å². The first-order valence-electron chi connectivity index (χ1n) is 4.63. The van der Waals surface area contributed by atoms with Gasteiger partial charge in [0.2, 0.25) is 0 Å². The van der Waals surface area contributed by atoms with E-state index in [-0.39, 0.29) is 5.69 Å². The predicted molar refractivity (Wildman–Crippen MR) is 47.4 cm³/mol. The third kappa shape index (κ3) is 1.74. The smallest absolute Gasteiger partial charge is 0.282 e. The summed E-state index contributed by atoms with van der Waals surface area (Å²) < 4.78 is 37.3. The molecule has 0 radical (unpaired) electrons. The van der Waals surface area contributed by atoms with E-state index in [4.69, 9.17) is 9.47 Å². The Labute approximate surface area is 85.8 Å². The first-order valence-corrected chi connectivity index (χ1v) is 4.63. The molecule has 0 saturated carbocycles. The van der Waals surface area contributed by atoms with E-state index in [0.717, 1.165) is 0 Å². The van der Waals surface area contributed by atoms with Crippen LogP contribution in [0, 0.1) is 0 Å². The number of rotatable bonds is 2. The van der Waals surface area contributed by atoms with Gasteiger partial charge >= 0.3 is 0 Å². The number of hydrogen-bond donors (Lipinski definition) is 0. The maximum atomic E-state index is 12.7. The first kappa shape index (κ1) is 10.5. The summed E-state index contributed by atoms with van der Waals surface area (Å²) in [6.45, 7) is 2.45. The zero-order chi connectivity index (χ0) is 11.1. The fraction of sp³-hybridized carbons (Fsp3) is 0.667. The number of aryl methyl sites for hydroxylation is 1.